The fourth-order valence-corrected chi connectivity index (χ4v) is 2.49. The molecule has 9 heteroatoms. The zero-order valence-electron chi connectivity index (χ0n) is 10.6. The Labute approximate surface area is 124 Å². The van der Waals surface area contributed by atoms with Crippen LogP contribution in [-0.2, 0) is 15.7 Å². The SMILES string of the molecule is O=S(=O)(Cl)c1ccc(OCc2nc(C3CC3)no2)c(F)c1. The molecule has 0 saturated heterocycles. The summed E-state index contributed by atoms with van der Waals surface area (Å²) in [5.41, 5.74) is 0. The maximum Gasteiger partial charge on any atom is 0.264 e. The molecule has 0 spiro atoms. The third-order valence-electron chi connectivity index (χ3n) is 2.96. The normalized spacial score (nSPS) is 15.1. The summed E-state index contributed by atoms with van der Waals surface area (Å²) in [7, 11) is 1.15. The maximum atomic E-state index is 13.7. The Hall–Kier alpha value is -1.67. The van der Waals surface area contributed by atoms with Gasteiger partial charge in [-0.1, -0.05) is 5.16 Å². The molecule has 0 aliphatic heterocycles. The summed E-state index contributed by atoms with van der Waals surface area (Å²) in [4.78, 5) is 3.80. The summed E-state index contributed by atoms with van der Waals surface area (Å²) in [5, 5.41) is 3.80. The number of benzene rings is 1. The molecule has 112 valence electrons. The molecule has 1 fully saturated rings. The van der Waals surface area contributed by atoms with Gasteiger partial charge in [0.2, 0.25) is 0 Å². The third kappa shape index (κ3) is 3.33. The molecule has 0 N–H and O–H groups in total. The summed E-state index contributed by atoms with van der Waals surface area (Å²) in [6, 6.07) is 3.13. The summed E-state index contributed by atoms with van der Waals surface area (Å²) in [6.07, 6.45) is 2.09. The highest BCUT2D eigenvalue weighted by Gasteiger charge is 2.28. The molecule has 1 heterocycles. The van der Waals surface area contributed by atoms with Crippen molar-refractivity contribution in [2.24, 2.45) is 0 Å². The highest BCUT2D eigenvalue weighted by Crippen LogP contribution is 2.38. The van der Waals surface area contributed by atoms with Gasteiger partial charge >= 0.3 is 0 Å². The second-order valence-electron chi connectivity index (χ2n) is 4.64. The molecule has 1 aliphatic carbocycles. The number of nitrogens with zero attached hydrogens (tertiary/aromatic N) is 2. The molecule has 21 heavy (non-hydrogen) atoms. The van der Waals surface area contributed by atoms with Crippen molar-refractivity contribution in [1.29, 1.82) is 0 Å². The highest BCUT2D eigenvalue weighted by molar-refractivity contribution is 8.13. The Bertz CT molecular complexity index is 773. The van der Waals surface area contributed by atoms with Crippen molar-refractivity contribution in [2.75, 3.05) is 0 Å². The molecule has 1 aromatic carbocycles. The van der Waals surface area contributed by atoms with Gasteiger partial charge in [-0.2, -0.15) is 4.98 Å². The summed E-state index contributed by atoms with van der Waals surface area (Å²) < 4.78 is 46.0. The van der Waals surface area contributed by atoms with Crippen molar-refractivity contribution in [2.45, 2.75) is 30.3 Å². The standard InChI is InChI=1S/C12H10ClFN2O4S/c13-21(17,18)8-3-4-10(9(14)5-8)19-6-11-15-12(16-20-11)7-1-2-7/h3-5,7H,1-2,6H2. The summed E-state index contributed by atoms with van der Waals surface area (Å²) >= 11 is 0. The second-order valence-corrected chi connectivity index (χ2v) is 7.21. The van der Waals surface area contributed by atoms with E-state index in [4.69, 9.17) is 19.9 Å². The van der Waals surface area contributed by atoms with Crippen LogP contribution in [0.1, 0.15) is 30.5 Å². The molecule has 0 amide bonds. The van der Waals surface area contributed by atoms with Gasteiger partial charge in [0, 0.05) is 16.6 Å². The van der Waals surface area contributed by atoms with Crippen LogP contribution >= 0.6 is 10.7 Å². The number of hydrogen-bond acceptors (Lipinski definition) is 6. The lowest BCUT2D eigenvalue weighted by molar-refractivity contribution is 0.234. The van der Waals surface area contributed by atoms with Gasteiger partial charge in [-0.25, -0.2) is 12.8 Å². The van der Waals surface area contributed by atoms with Crippen molar-refractivity contribution < 1.29 is 22.1 Å². The summed E-state index contributed by atoms with van der Waals surface area (Å²) in [5.74, 6) is 0.277. The molecule has 1 saturated carbocycles. The van der Waals surface area contributed by atoms with E-state index in [0.717, 1.165) is 25.0 Å². The average molecular weight is 333 g/mol. The molecular weight excluding hydrogens is 323 g/mol. The van der Waals surface area contributed by atoms with Crippen LogP contribution in [0.25, 0.3) is 0 Å². The molecule has 3 rings (SSSR count). The van der Waals surface area contributed by atoms with Crippen LogP contribution in [0.15, 0.2) is 27.6 Å². The highest BCUT2D eigenvalue weighted by atomic mass is 35.7. The van der Waals surface area contributed by atoms with Crippen molar-refractivity contribution in [3.63, 3.8) is 0 Å². The lowest BCUT2D eigenvalue weighted by Crippen LogP contribution is -1.99. The first-order chi connectivity index (χ1) is 9.93. The van der Waals surface area contributed by atoms with Crippen molar-refractivity contribution in [3.05, 3.63) is 35.7 Å². The molecule has 0 unspecified atom stereocenters. The topological polar surface area (TPSA) is 82.3 Å². The van der Waals surface area contributed by atoms with Gasteiger partial charge in [0.05, 0.1) is 4.90 Å². The Morgan fingerprint density at radius 1 is 1.43 bits per heavy atom. The molecule has 1 aromatic heterocycles. The first-order valence-corrected chi connectivity index (χ1v) is 8.44. The van der Waals surface area contributed by atoms with E-state index in [1.807, 2.05) is 0 Å². The predicted molar refractivity (Wildman–Crippen MR) is 70.0 cm³/mol. The van der Waals surface area contributed by atoms with Crippen molar-refractivity contribution in [3.8, 4) is 5.75 Å². The minimum absolute atomic E-state index is 0.0936. The maximum absolute atomic E-state index is 13.7. The van der Waals surface area contributed by atoms with Gasteiger partial charge in [-0.3, -0.25) is 0 Å². The fourth-order valence-electron chi connectivity index (χ4n) is 1.72. The van der Waals surface area contributed by atoms with Crippen LogP contribution in [0.5, 0.6) is 5.75 Å². The second kappa shape index (κ2) is 5.27. The lowest BCUT2D eigenvalue weighted by atomic mass is 10.3. The van der Waals surface area contributed by atoms with Gasteiger partial charge in [0.1, 0.15) is 0 Å². The van der Waals surface area contributed by atoms with Crippen LogP contribution in [0.4, 0.5) is 4.39 Å². The Balaban J connectivity index is 1.69. The van der Waals surface area contributed by atoms with Gasteiger partial charge in [0.25, 0.3) is 14.9 Å². The molecule has 0 radical (unpaired) electrons. The first-order valence-electron chi connectivity index (χ1n) is 6.13. The van der Waals surface area contributed by atoms with E-state index in [1.165, 1.54) is 6.07 Å². The van der Waals surface area contributed by atoms with Crippen LogP contribution in [0, 0.1) is 5.82 Å². The Morgan fingerprint density at radius 2 is 2.19 bits per heavy atom. The van der Waals surface area contributed by atoms with Gasteiger partial charge in [-0.05, 0) is 31.0 Å². The quantitative estimate of drug-likeness (QED) is 0.783. The largest absolute Gasteiger partial charge is 0.481 e. The van der Waals surface area contributed by atoms with E-state index >= 15 is 0 Å². The lowest BCUT2D eigenvalue weighted by Gasteiger charge is -2.05. The molecule has 1 aliphatic rings. The van der Waals surface area contributed by atoms with Crippen molar-refractivity contribution >= 4 is 19.7 Å². The van der Waals surface area contributed by atoms with Crippen LogP contribution in [0.2, 0.25) is 0 Å². The monoisotopic (exact) mass is 332 g/mol. The minimum atomic E-state index is -3.97. The van der Waals surface area contributed by atoms with E-state index in [-0.39, 0.29) is 23.1 Å². The zero-order chi connectivity index (χ0) is 15.0. The first kappa shape index (κ1) is 14.3. The van der Waals surface area contributed by atoms with E-state index in [2.05, 4.69) is 10.1 Å². The Kier molecular flexibility index (Phi) is 3.58. The number of hydrogen-bond donors (Lipinski definition) is 0. The van der Waals surface area contributed by atoms with Gasteiger partial charge in [0.15, 0.2) is 24.0 Å². The zero-order valence-corrected chi connectivity index (χ0v) is 12.2. The summed E-state index contributed by atoms with van der Waals surface area (Å²) in [6.45, 7) is -0.0936. The van der Waals surface area contributed by atoms with E-state index < -0.39 is 14.9 Å². The van der Waals surface area contributed by atoms with Gasteiger partial charge < -0.3 is 9.26 Å². The van der Waals surface area contributed by atoms with Crippen LogP contribution in [0.3, 0.4) is 0 Å². The van der Waals surface area contributed by atoms with Crippen LogP contribution in [-0.4, -0.2) is 18.6 Å². The fraction of sp³-hybridized carbons (Fsp3) is 0.333. The number of aromatic nitrogens is 2. The van der Waals surface area contributed by atoms with Crippen LogP contribution < -0.4 is 4.74 Å². The smallest absolute Gasteiger partial charge is 0.264 e. The van der Waals surface area contributed by atoms with E-state index in [9.17, 15) is 12.8 Å². The number of halogens is 2. The predicted octanol–water partition coefficient (Wildman–Crippen LogP) is 2.59. The van der Waals surface area contributed by atoms with E-state index in [1.54, 1.807) is 0 Å². The molecule has 0 atom stereocenters. The minimum Gasteiger partial charge on any atom is -0.481 e. The van der Waals surface area contributed by atoms with Crippen molar-refractivity contribution in [1.82, 2.24) is 10.1 Å². The Morgan fingerprint density at radius 3 is 2.81 bits per heavy atom. The molecular formula is C12H10ClFN2O4S. The number of rotatable bonds is 5. The number of ether oxygens (including phenoxy) is 1. The van der Waals surface area contributed by atoms with Gasteiger partial charge in [-0.15, -0.1) is 0 Å². The average Bonchev–Trinajstić information content (AvgIpc) is 3.16. The molecule has 0 bridgehead atoms. The third-order valence-corrected chi connectivity index (χ3v) is 4.31. The molecule has 6 nitrogen and oxygen atoms in total. The molecule has 2 aromatic rings. The van der Waals surface area contributed by atoms with E-state index in [0.29, 0.717) is 11.7 Å².